The number of nitrogens with zero attached hydrogens (tertiary/aromatic N) is 1. The third kappa shape index (κ3) is 3.39. The average Bonchev–Trinajstić information content (AvgIpc) is 2.32. The van der Waals surface area contributed by atoms with Gasteiger partial charge in [0.05, 0.1) is 6.10 Å². The van der Waals surface area contributed by atoms with Crippen molar-refractivity contribution in [1.82, 2.24) is 9.03 Å². The summed E-state index contributed by atoms with van der Waals surface area (Å²) in [5, 5.41) is 9.34. The van der Waals surface area contributed by atoms with Crippen LogP contribution < -0.4 is 4.72 Å². The van der Waals surface area contributed by atoms with E-state index in [0.717, 1.165) is 12.8 Å². The Morgan fingerprint density at radius 1 is 1.29 bits per heavy atom. The topological polar surface area (TPSA) is 95.9 Å². The second-order valence-electron chi connectivity index (χ2n) is 6.82. The molecule has 0 aromatic rings. The zero-order chi connectivity index (χ0) is 15.9. The molecule has 1 heterocycles. The maximum Gasteiger partial charge on any atom is 0.325 e. The normalized spacial score (nSPS) is 33.4. The Morgan fingerprint density at radius 2 is 1.81 bits per heavy atom. The van der Waals surface area contributed by atoms with Gasteiger partial charge in [-0.25, -0.2) is 0 Å². The van der Waals surface area contributed by atoms with E-state index in [1.807, 2.05) is 0 Å². The fourth-order valence-corrected chi connectivity index (χ4v) is 4.37. The maximum absolute atomic E-state index is 12.4. The molecule has 0 aromatic heterocycles. The molecule has 0 bridgehead atoms. The van der Waals surface area contributed by atoms with Crippen LogP contribution in [-0.4, -0.2) is 55.6 Å². The number of methoxy groups -OCH3 is 1. The molecule has 2 aliphatic rings. The standard InChI is InChI=1S/C13H24N2O5S/c1-12(2)4-6-15(7-5-12)21(18,19)14-13(11(16)17)8-10(9-13)20-3/h10,14H,4-9H2,1-3H3,(H,16,17). The number of hydrogen-bond donors (Lipinski definition) is 2. The average molecular weight is 320 g/mol. The van der Waals surface area contributed by atoms with E-state index in [4.69, 9.17) is 4.74 Å². The first-order valence-electron chi connectivity index (χ1n) is 7.15. The molecule has 1 aliphatic carbocycles. The third-order valence-electron chi connectivity index (χ3n) is 4.64. The third-order valence-corrected chi connectivity index (χ3v) is 6.33. The fraction of sp³-hybridized carbons (Fsp3) is 0.923. The number of carboxylic acid groups (broad SMARTS) is 1. The summed E-state index contributed by atoms with van der Waals surface area (Å²) in [5.74, 6) is -1.14. The lowest BCUT2D eigenvalue weighted by atomic mass is 9.75. The summed E-state index contributed by atoms with van der Waals surface area (Å²) >= 11 is 0. The van der Waals surface area contributed by atoms with Crippen LogP contribution in [0.25, 0.3) is 0 Å². The highest BCUT2D eigenvalue weighted by Gasteiger charge is 2.54. The molecule has 0 aromatic carbocycles. The van der Waals surface area contributed by atoms with Crippen molar-refractivity contribution in [2.75, 3.05) is 20.2 Å². The summed E-state index contributed by atoms with van der Waals surface area (Å²) in [6, 6.07) is 0. The molecule has 1 saturated heterocycles. The summed E-state index contributed by atoms with van der Waals surface area (Å²) in [6.45, 7) is 5.06. The van der Waals surface area contributed by atoms with Gasteiger partial charge in [-0.15, -0.1) is 0 Å². The summed E-state index contributed by atoms with van der Waals surface area (Å²) in [4.78, 5) is 11.4. The first-order valence-corrected chi connectivity index (χ1v) is 8.59. The van der Waals surface area contributed by atoms with E-state index >= 15 is 0 Å². The number of nitrogens with one attached hydrogen (secondary N) is 1. The Hall–Kier alpha value is -0.700. The number of hydrogen-bond acceptors (Lipinski definition) is 4. The summed E-state index contributed by atoms with van der Waals surface area (Å²) in [7, 11) is -2.28. The van der Waals surface area contributed by atoms with Crippen molar-refractivity contribution in [3.05, 3.63) is 0 Å². The Morgan fingerprint density at radius 3 is 2.24 bits per heavy atom. The van der Waals surface area contributed by atoms with Gasteiger partial charge in [-0.3, -0.25) is 4.79 Å². The molecule has 2 N–H and O–H groups in total. The van der Waals surface area contributed by atoms with Crippen molar-refractivity contribution in [2.24, 2.45) is 5.41 Å². The van der Waals surface area contributed by atoms with Crippen molar-refractivity contribution in [3.8, 4) is 0 Å². The van der Waals surface area contributed by atoms with E-state index in [1.165, 1.54) is 11.4 Å². The molecular formula is C13H24N2O5S. The molecule has 0 spiro atoms. The van der Waals surface area contributed by atoms with Gasteiger partial charge in [0.1, 0.15) is 5.54 Å². The van der Waals surface area contributed by atoms with Crippen molar-refractivity contribution in [3.63, 3.8) is 0 Å². The lowest BCUT2D eigenvalue weighted by molar-refractivity contribution is -0.154. The van der Waals surface area contributed by atoms with Gasteiger partial charge in [-0.2, -0.15) is 17.4 Å². The predicted molar refractivity (Wildman–Crippen MR) is 77.0 cm³/mol. The van der Waals surface area contributed by atoms with Gasteiger partial charge in [-0.05, 0) is 18.3 Å². The van der Waals surface area contributed by atoms with Crippen LogP contribution >= 0.6 is 0 Å². The molecule has 0 unspecified atom stereocenters. The highest BCUT2D eigenvalue weighted by Crippen LogP contribution is 2.36. The molecule has 122 valence electrons. The van der Waals surface area contributed by atoms with Crippen molar-refractivity contribution in [2.45, 2.75) is 51.2 Å². The van der Waals surface area contributed by atoms with Crippen molar-refractivity contribution >= 4 is 16.2 Å². The largest absolute Gasteiger partial charge is 0.480 e. The van der Waals surface area contributed by atoms with E-state index in [0.29, 0.717) is 13.1 Å². The van der Waals surface area contributed by atoms with Crippen LogP contribution in [-0.2, 0) is 19.7 Å². The molecule has 0 amide bonds. The first-order chi connectivity index (χ1) is 9.60. The minimum Gasteiger partial charge on any atom is -0.480 e. The van der Waals surface area contributed by atoms with Crippen molar-refractivity contribution < 1.29 is 23.1 Å². The SMILES string of the molecule is COC1CC(NS(=O)(=O)N2CCC(C)(C)CC2)(C(=O)O)C1. The van der Waals surface area contributed by atoms with Crippen LogP contribution in [0, 0.1) is 5.41 Å². The first kappa shape index (κ1) is 16.7. The number of aliphatic carboxylic acids is 1. The van der Waals surface area contributed by atoms with E-state index in [9.17, 15) is 18.3 Å². The van der Waals surface area contributed by atoms with Crippen molar-refractivity contribution in [1.29, 1.82) is 0 Å². The summed E-state index contributed by atoms with van der Waals surface area (Å²) in [5.41, 5.74) is -1.29. The molecule has 0 atom stereocenters. The lowest BCUT2D eigenvalue weighted by Gasteiger charge is -2.45. The van der Waals surface area contributed by atoms with E-state index < -0.39 is 21.7 Å². The van der Waals surface area contributed by atoms with Crippen LogP contribution in [0.4, 0.5) is 0 Å². The molecule has 1 saturated carbocycles. The summed E-state index contributed by atoms with van der Waals surface area (Å²) in [6.07, 6.45) is 1.67. The predicted octanol–water partition coefficient (Wildman–Crippen LogP) is 0.575. The van der Waals surface area contributed by atoms with Crippen LogP contribution in [0.5, 0.6) is 0 Å². The lowest BCUT2D eigenvalue weighted by Crippen LogP contribution is -2.66. The molecule has 21 heavy (non-hydrogen) atoms. The summed E-state index contributed by atoms with van der Waals surface area (Å²) < 4.78 is 33.6. The molecule has 0 radical (unpaired) electrons. The molecule has 7 nitrogen and oxygen atoms in total. The number of carboxylic acids is 1. The monoisotopic (exact) mass is 320 g/mol. The van der Waals surface area contributed by atoms with Gasteiger partial charge in [0, 0.05) is 33.0 Å². The van der Waals surface area contributed by atoms with E-state index in [1.54, 1.807) is 0 Å². The van der Waals surface area contributed by atoms with E-state index in [2.05, 4.69) is 18.6 Å². The zero-order valence-corrected chi connectivity index (χ0v) is 13.6. The van der Waals surface area contributed by atoms with Gasteiger partial charge in [0.2, 0.25) is 0 Å². The Balaban J connectivity index is 2.05. The van der Waals surface area contributed by atoms with Gasteiger partial charge in [0.15, 0.2) is 0 Å². The van der Waals surface area contributed by atoms with Crippen LogP contribution in [0.15, 0.2) is 0 Å². The van der Waals surface area contributed by atoms with Crippen LogP contribution in [0.1, 0.15) is 39.5 Å². The Kier molecular flexibility index (Phi) is 4.36. The van der Waals surface area contributed by atoms with Gasteiger partial charge >= 0.3 is 5.97 Å². The second-order valence-corrected chi connectivity index (χ2v) is 8.49. The highest BCUT2D eigenvalue weighted by molar-refractivity contribution is 7.87. The second kappa shape index (κ2) is 5.49. The number of carbonyl (C=O) groups is 1. The molecule has 2 rings (SSSR count). The minimum atomic E-state index is -3.78. The molecule has 1 aliphatic heterocycles. The van der Waals surface area contributed by atoms with Gasteiger partial charge in [0.25, 0.3) is 10.2 Å². The molecular weight excluding hydrogens is 296 g/mol. The zero-order valence-electron chi connectivity index (χ0n) is 12.8. The maximum atomic E-state index is 12.4. The van der Waals surface area contributed by atoms with Crippen LogP contribution in [0.3, 0.4) is 0 Å². The minimum absolute atomic E-state index is 0.133. The molecule has 2 fully saturated rings. The van der Waals surface area contributed by atoms with E-state index in [-0.39, 0.29) is 24.4 Å². The van der Waals surface area contributed by atoms with Gasteiger partial charge < -0.3 is 9.84 Å². The Labute approximate surface area is 125 Å². The molecule has 8 heteroatoms. The quantitative estimate of drug-likeness (QED) is 0.772. The highest BCUT2D eigenvalue weighted by atomic mass is 32.2. The van der Waals surface area contributed by atoms with Crippen LogP contribution in [0.2, 0.25) is 0 Å². The van der Waals surface area contributed by atoms with Gasteiger partial charge in [-0.1, -0.05) is 13.8 Å². The number of ether oxygens (including phenoxy) is 1. The number of rotatable bonds is 5. The smallest absolute Gasteiger partial charge is 0.325 e. The Bertz CT molecular complexity index is 501. The fourth-order valence-electron chi connectivity index (χ4n) is 2.83. The number of piperidine rings is 1.